The summed E-state index contributed by atoms with van der Waals surface area (Å²) in [4.78, 5) is 23.5. The number of urea groups is 1. The molecule has 0 saturated carbocycles. The number of hydrogen-bond donors (Lipinski definition) is 2. The Bertz CT molecular complexity index is 653. The molecule has 0 aliphatic carbocycles. The second-order valence-corrected chi connectivity index (χ2v) is 6.09. The van der Waals surface area contributed by atoms with Gasteiger partial charge in [0.25, 0.3) is 5.91 Å². The van der Waals surface area contributed by atoms with Crippen LogP contribution in [0.1, 0.15) is 10.4 Å². The molecule has 1 aromatic carbocycles. The molecule has 4 nitrogen and oxygen atoms in total. The maximum absolute atomic E-state index is 11.8. The Kier molecular flexibility index (Phi) is 4.88. The Balaban J connectivity index is 2.01. The first-order valence-corrected chi connectivity index (χ1v) is 7.24. The molecule has 0 atom stereocenters. The number of amides is 3. The highest BCUT2D eigenvalue weighted by molar-refractivity contribution is 7.20. The summed E-state index contributed by atoms with van der Waals surface area (Å²) in [5, 5.41) is 5.66. The van der Waals surface area contributed by atoms with Gasteiger partial charge in [0.2, 0.25) is 0 Å². The number of hydrogen-bond acceptors (Lipinski definition) is 3. The zero-order valence-electron chi connectivity index (χ0n) is 9.75. The van der Waals surface area contributed by atoms with Gasteiger partial charge < -0.3 is 0 Å². The number of halogens is 3. The van der Waals surface area contributed by atoms with Crippen molar-refractivity contribution in [3.05, 3.63) is 50.3 Å². The molecule has 2 rings (SSSR count). The third kappa shape index (κ3) is 3.64. The summed E-state index contributed by atoms with van der Waals surface area (Å²) in [6.07, 6.45) is 0. The number of imide groups is 1. The number of thiophene rings is 1. The Labute approximate surface area is 133 Å². The SMILES string of the molecule is O=C(NC(=O)c1ccccc1Cl)Nc1cc(Cl)c(Cl)s1. The van der Waals surface area contributed by atoms with Crippen molar-refractivity contribution in [3.63, 3.8) is 0 Å². The summed E-state index contributed by atoms with van der Waals surface area (Å²) < 4.78 is 0.361. The van der Waals surface area contributed by atoms with Crippen LogP contribution in [-0.4, -0.2) is 11.9 Å². The summed E-state index contributed by atoms with van der Waals surface area (Å²) in [5.41, 5.74) is 0.214. The Hall–Kier alpha value is -1.27. The van der Waals surface area contributed by atoms with Crippen molar-refractivity contribution in [2.45, 2.75) is 0 Å². The highest BCUT2D eigenvalue weighted by Crippen LogP contribution is 2.34. The molecule has 0 spiro atoms. The molecule has 104 valence electrons. The summed E-state index contributed by atoms with van der Waals surface area (Å²) in [7, 11) is 0. The van der Waals surface area contributed by atoms with E-state index in [4.69, 9.17) is 34.8 Å². The molecule has 0 radical (unpaired) electrons. The smallest absolute Gasteiger partial charge is 0.299 e. The molecule has 8 heteroatoms. The minimum atomic E-state index is -0.690. The van der Waals surface area contributed by atoms with Gasteiger partial charge in [-0.25, -0.2) is 4.79 Å². The van der Waals surface area contributed by atoms with Gasteiger partial charge in [0.1, 0.15) is 4.34 Å². The number of carbonyl (C=O) groups is 2. The molecule has 1 aromatic heterocycles. The van der Waals surface area contributed by atoms with Crippen LogP contribution < -0.4 is 10.6 Å². The standard InChI is InChI=1S/C12H7Cl3N2O2S/c13-7-4-2-1-3-6(7)11(18)17-12(19)16-9-5-8(14)10(15)20-9/h1-5H,(H2,16,17,18,19). The summed E-state index contributed by atoms with van der Waals surface area (Å²) in [6, 6.07) is 7.22. The fourth-order valence-corrected chi connectivity index (χ4v) is 2.85. The van der Waals surface area contributed by atoms with Gasteiger partial charge >= 0.3 is 6.03 Å². The minimum absolute atomic E-state index is 0.214. The normalized spacial score (nSPS) is 10.2. The van der Waals surface area contributed by atoms with Crippen LogP contribution in [0.25, 0.3) is 0 Å². The fraction of sp³-hybridized carbons (Fsp3) is 0. The second-order valence-electron chi connectivity index (χ2n) is 3.62. The quantitative estimate of drug-likeness (QED) is 0.827. The average Bonchev–Trinajstić information content (AvgIpc) is 2.68. The van der Waals surface area contributed by atoms with E-state index in [0.29, 0.717) is 14.4 Å². The Morgan fingerprint density at radius 2 is 1.75 bits per heavy atom. The van der Waals surface area contributed by atoms with E-state index in [0.717, 1.165) is 11.3 Å². The topological polar surface area (TPSA) is 58.2 Å². The lowest BCUT2D eigenvalue weighted by Crippen LogP contribution is -2.34. The highest BCUT2D eigenvalue weighted by atomic mass is 35.5. The van der Waals surface area contributed by atoms with E-state index in [2.05, 4.69) is 10.6 Å². The van der Waals surface area contributed by atoms with Gasteiger partial charge in [0.05, 0.1) is 20.6 Å². The molecule has 0 unspecified atom stereocenters. The first kappa shape index (κ1) is 15.1. The van der Waals surface area contributed by atoms with Gasteiger partial charge in [-0.3, -0.25) is 15.4 Å². The van der Waals surface area contributed by atoms with Gasteiger partial charge in [-0.1, -0.05) is 46.9 Å². The fourth-order valence-electron chi connectivity index (χ4n) is 1.37. The Morgan fingerprint density at radius 3 is 2.35 bits per heavy atom. The molecule has 0 bridgehead atoms. The molecular weight excluding hydrogens is 343 g/mol. The van der Waals surface area contributed by atoms with E-state index in [9.17, 15) is 9.59 Å². The largest absolute Gasteiger partial charge is 0.326 e. The van der Waals surface area contributed by atoms with Crippen LogP contribution >= 0.6 is 46.1 Å². The summed E-state index contributed by atoms with van der Waals surface area (Å²) in [6.45, 7) is 0. The van der Waals surface area contributed by atoms with E-state index in [1.54, 1.807) is 18.2 Å². The molecule has 2 N–H and O–H groups in total. The van der Waals surface area contributed by atoms with Gasteiger partial charge in [-0.15, -0.1) is 11.3 Å². The summed E-state index contributed by atoms with van der Waals surface area (Å²) >= 11 is 18.5. The van der Waals surface area contributed by atoms with E-state index >= 15 is 0 Å². The van der Waals surface area contributed by atoms with E-state index in [-0.39, 0.29) is 10.6 Å². The molecule has 20 heavy (non-hydrogen) atoms. The lowest BCUT2D eigenvalue weighted by Gasteiger charge is -2.05. The maximum Gasteiger partial charge on any atom is 0.326 e. The number of nitrogens with one attached hydrogen (secondary N) is 2. The van der Waals surface area contributed by atoms with Crippen molar-refractivity contribution in [1.29, 1.82) is 0 Å². The average molecular weight is 350 g/mol. The van der Waals surface area contributed by atoms with E-state index < -0.39 is 11.9 Å². The Morgan fingerprint density at radius 1 is 1.05 bits per heavy atom. The molecule has 0 aliphatic rings. The number of carbonyl (C=O) groups excluding carboxylic acids is 2. The van der Waals surface area contributed by atoms with E-state index in [1.807, 2.05) is 0 Å². The third-order valence-electron chi connectivity index (χ3n) is 2.23. The lowest BCUT2D eigenvalue weighted by molar-refractivity contribution is 0.0967. The monoisotopic (exact) mass is 348 g/mol. The maximum atomic E-state index is 11.8. The van der Waals surface area contributed by atoms with Crippen molar-refractivity contribution in [1.82, 2.24) is 5.32 Å². The van der Waals surface area contributed by atoms with Crippen molar-refractivity contribution in [2.24, 2.45) is 0 Å². The van der Waals surface area contributed by atoms with Crippen LogP contribution in [0.5, 0.6) is 0 Å². The molecule has 0 aliphatic heterocycles. The second kappa shape index (κ2) is 6.45. The number of rotatable bonds is 2. The zero-order chi connectivity index (χ0) is 14.7. The number of benzene rings is 1. The van der Waals surface area contributed by atoms with Crippen LogP contribution in [0.15, 0.2) is 30.3 Å². The van der Waals surface area contributed by atoms with Crippen molar-refractivity contribution in [3.8, 4) is 0 Å². The number of anilines is 1. The highest BCUT2D eigenvalue weighted by Gasteiger charge is 2.14. The van der Waals surface area contributed by atoms with E-state index in [1.165, 1.54) is 12.1 Å². The van der Waals surface area contributed by atoms with Crippen molar-refractivity contribution in [2.75, 3.05) is 5.32 Å². The van der Waals surface area contributed by atoms with Crippen LogP contribution in [-0.2, 0) is 0 Å². The molecule has 0 fully saturated rings. The van der Waals surface area contributed by atoms with Crippen LogP contribution in [0.4, 0.5) is 9.80 Å². The minimum Gasteiger partial charge on any atom is -0.299 e. The first-order valence-electron chi connectivity index (χ1n) is 5.29. The molecule has 3 amide bonds. The zero-order valence-corrected chi connectivity index (χ0v) is 12.8. The summed E-state index contributed by atoms with van der Waals surface area (Å²) in [5.74, 6) is -0.596. The predicted molar refractivity (Wildman–Crippen MR) is 82.3 cm³/mol. The van der Waals surface area contributed by atoms with Crippen LogP contribution in [0.3, 0.4) is 0 Å². The molecular formula is C12H7Cl3N2O2S. The van der Waals surface area contributed by atoms with Crippen LogP contribution in [0.2, 0.25) is 14.4 Å². The molecule has 1 heterocycles. The molecule has 0 saturated heterocycles. The van der Waals surface area contributed by atoms with Crippen molar-refractivity contribution >= 4 is 63.1 Å². The first-order chi connectivity index (χ1) is 9.47. The predicted octanol–water partition coefficient (Wildman–Crippen LogP) is 4.67. The third-order valence-corrected chi connectivity index (χ3v) is 4.34. The molecule has 2 aromatic rings. The van der Waals surface area contributed by atoms with Crippen molar-refractivity contribution < 1.29 is 9.59 Å². The van der Waals surface area contributed by atoms with Gasteiger partial charge in [-0.05, 0) is 18.2 Å². The van der Waals surface area contributed by atoms with Gasteiger partial charge in [0, 0.05) is 0 Å². The van der Waals surface area contributed by atoms with Gasteiger partial charge in [-0.2, -0.15) is 0 Å². The van der Waals surface area contributed by atoms with Gasteiger partial charge in [0.15, 0.2) is 0 Å². The lowest BCUT2D eigenvalue weighted by atomic mass is 10.2. The van der Waals surface area contributed by atoms with Crippen LogP contribution in [0, 0.1) is 0 Å².